The third kappa shape index (κ3) is 27.7. The first-order valence-corrected chi connectivity index (χ1v) is 15.8. The molecule has 0 saturated carbocycles. The van der Waals surface area contributed by atoms with E-state index in [4.69, 9.17) is 14.9 Å². The molecule has 0 aliphatic carbocycles. The molecule has 3 N–H and O–H groups in total. The molecule has 0 fully saturated rings. The number of aliphatic hydroxyl groups excluding tert-OH is 2. The fraction of sp³-hybridized carbons (Fsp3) is 0.903. The number of ether oxygens (including phenoxy) is 2. The quantitative estimate of drug-likeness (QED) is 0.0669. The van der Waals surface area contributed by atoms with Crippen LogP contribution in [0.2, 0.25) is 0 Å². The zero-order valence-corrected chi connectivity index (χ0v) is 24.7. The molecule has 0 aliphatic rings. The van der Waals surface area contributed by atoms with Gasteiger partial charge < -0.3 is 24.8 Å². The fourth-order valence-electron chi connectivity index (χ4n) is 4.50. The van der Waals surface area contributed by atoms with Crippen LogP contribution in [0.4, 0.5) is 0 Å². The number of aliphatic hydroxyl groups is 2. The van der Waals surface area contributed by atoms with Gasteiger partial charge in [-0.2, -0.15) is 0 Å². The summed E-state index contributed by atoms with van der Waals surface area (Å²) < 4.78 is 9.64. The minimum absolute atomic E-state index is 0.288. The van der Waals surface area contributed by atoms with Gasteiger partial charge in [-0.05, 0) is 6.42 Å². The van der Waals surface area contributed by atoms with Crippen LogP contribution in [0.25, 0.3) is 0 Å². The lowest BCUT2D eigenvalue weighted by Gasteiger charge is -2.12. The van der Waals surface area contributed by atoms with E-state index >= 15 is 0 Å². The Morgan fingerprint density at radius 1 is 0.538 bits per heavy atom. The third-order valence-electron chi connectivity index (χ3n) is 7.00. The van der Waals surface area contributed by atoms with E-state index in [2.05, 4.69) is 11.7 Å². The van der Waals surface area contributed by atoms with Crippen molar-refractivity contribution in [1.29, 1.82) is 0 Å². The summed E-state index contributed by atoms with van der Waals surface area (Å²) >= 11 is 0. The van der Waals surface area contributed by atoms with Gasteiger partial charge in [0.05, 0.1) is 6.42 Å². The highest BCUT2D eigenvalue weighted by atomic mass is 16.6. The molecule has 0 rings (SSSR count). The van der Waals surface area contributed by atoms with Crippen molar-refractivity contribution in [1.82, 2.24) is 0 Å². The van der Waals surface area contributed by atoms with E-state index in [-0.39, 0.29) is 13.0 Å². The second-order valence-corrected chi connectivity index (χ2v) is 10.9. The molecular weight excluding hydrogens is 500 g/mol. The van der Waals surface area contributed by atoms with E-state index < -0.39 is 43.1 Å². The molecule has 0 aromatic carbocycles. The van der Waals surface area contributed by atoms with Crippen molar-refractivity contribution >= 4 is 17.9 Å². The maximum Gasteiger partial charge on any atom is 0.333 e. The van der Waals surface area contributed by atoms with Crippen LogP contribution < -0.4 is 0 Å². The van der Waals surface area contributed by atoms with Crippen molar-refractivity contribution in [3.05, 3.63) is 0 Å². The van der Waals surface area contributed by atoms with Crippen LogP contribution in [0.15, 0.2) is 0 Å². The zero-order valence-electron chi connectivity index (χ0n) is 24.7. The third-order valence-corrected chi connectivity index (χ3v) is 7.00. The molecule has 2 atom stereocenters. The molecule has 39 heavy (non-hydrogen) atoms. The predicted octanol–water partition coefficient (Wildman–Crippen LogP) is 6.87. The Labute approximate surface area is 237 Å². The molecular formula is C31H58O8. The summed E-state index contributed by atoms with van der Waals surface area (Å²) in [6.07, 6.45) is 24.0. The lowest BCUT2D eigenvalue weighted by atomic mass is 10.0. The predicted molar refractivity (Wildman–Crippen MR) is 153 cm³/mol. The summed E-state index contributed by atoms with van der Waals surface area (Å²) in [5.74, 6) is -2.88. The standard InChI is InChI=1S/C31H58O8/c1-2-3-4-5-6-7-8-9-10-11-12-13-14-15-16-17-18-19-20-21-22-23-29(34)38-25-27(32)26-39-30(35)24-28(33)31(36)37/h27-28,32-33H,2-26H2,1H3,(H,36,37)/t27?,28-/m0/s1. The van der Waals surface area contributed by atoms with E-state index in [1.165, 1.54) is 116 Å². The van der Waals surface area contributed by atoms with Crippen LogP contribution in [-0.4, -0.2) is 58.6 Å². The Bertz CT molecular complexity index is 595. The molecule has 0 aromatic rings. The molecule has 0 saturated heterocycles. The van der Waals surface area contributed by atoms with Crippen LogP contribution in [0.3, 0.4) is 0 Å². The summed E-state index contributed by atoms with van der Waals surface area (Å²) in [4.78, 5) is 33.6. The molecule has 0 bridgehead atoms. The number of carboxylic acid groups (broad SMARTS) is 1. The van der Waals surface area contributed by atoms with Crippen molar-refractivity contribution in [3.8, 4) is 0 Å². The molecule has 0 aliphatic heterocycles. The summed E-state index contributed by atoms with van der Waals surface area (Å²) in [6, 6.07) is 0. The zero-order chi connectivity index (χ0) is 29.0. The minimum atomic E-state index is -1.85. The smallest absolute Gasteiger partial charge is 0.333 e. The second-order valence-electron chi connectivity index (χ2n) is 10.9. The van der Waals surface area contributed by atoms with E-state index in [1.807, 2.05) is 0 Å². The van der Waals surface area contributed by atoms with Crippen molar-refractivity contribution in [2.24, 2.45) is 0 Å². The van der Waals surface area contributed by atoms with Gasteiger partial charge in [0, 0.05) is 6.42 Å². The first-order chi connectivity index (χ1) is 18.9. The average Bonchev–Trinajstić information content (AvgIpc) is 2.91. The Morgan fingerprint density at radius 3 is 1.23 bits per heavy atom. The van der Waals surface area contributed by atoms with Crippen LogP contribution in [-0.2, 0) is 23.9 Å². The highest BCUT2D eigenvalue weighted by Gasteiger charge is 2.20. The van der Waals surface area contributed by atoms with Gasteiger partial charge in [-0.1, -0.05) is 135 Å². The largest absolute Gasteiger partial charge is 0.479 e. The number of unbranched alkanes of at least 4 members (excludes halogenated alkanes) is 20. The van der Waals surface area contributed by atoms with Crippen molar-refractivity contribution < 1.29 is 39.2 Å². The van der Waals surface area contributed by atoms with E-state index in [9.17, 15) is 19.5 Å². The normalized spacial score (nSPS) is 12.7. The highest BCUT2D eigenvalue weighted by Crippen LogP contribution is 2.15. The maximum absolute atomic E-state index is 11.8. The number of esters is 2. The summed E-state index contributed by atoms with van der Waals surface area (Å²) in [7, 11) is 0. The van der Waals surface area contributed by atoms with Gasteiger partial charge in [-0.25, -0.2) is 4.79 Å². The topological polar surface area (TPSA) is 130 Å². The Morgan fingerprint density at radius 2 is 0.872 bits per heavy atom. The van der Waals surface area contributed by atoms with Gasteiger partial charge in [0.25, 0.3) is 0 Å². The van der Waals surface area contributed by atoms with Gasteiger partial charge in [0.2, 0.25) is 0 Å². The number of aliphatic carboxylic acids is 1. The SMILES string of the molecule is CCCCCCCCCCCCCCCCCCCCCCCC(=O)OCC(O)COC(=O)C[C@H](O)C(=O)O. The Balaban J connectivity index is 3.34. The van der Waals surface area contributed by atoms with Gasteiger partial charge in [0.15, 0.2) is 6.10 Å². The molecule has 0 amide bonds. The number of carbonyl (C=O) groups excluding carboxylic acids is 2. The van der Waals surface area contributed by atoms with Crippen molar-refractivity contribution in [2.45, 2.75) is 167 Å². The first kappa shape index (κ1) is 37.3. The molecule has 1 unspecified atom stereocenters. The fourth-order valence-corrected chi connectivity index (χ4v) is 4.50. The van der Waals surface area contributed by atoms with Gasteiger partial charge in [-0.3, -0.25) is 9.59 Å². The lowest BCUT2D eigenvalue weighted by molar-refractivity contribution is -0.159. The minimum Gasteiger partial charge on any atom is -0.479 e. The Hall–Kier alpha value is -1.67. The molecule has 0 spiro atoms. The molecule has 0 aromatic heterocycles. The van der Waals surface area contributed by atoms with Crippen LogP contribution in [0, 0.1) is 0 Å². The molecule has 8 heteroatoms. The first-order valence-electron chi connectivity index (χ1n) is 15.8. The van der Waals surface area contributed by atoms with Crippen LogP contribution >= 0.6 is 0 Å². The average molecular weight is 559 g/mol. The van der Waals surface area contributed by atoms with Gasteiger partial charge in [0.1, 0.15) is 19.3 Å². The molecule has 0 radical (unpaired) electrons. The summed E-state index contributed by atoms with van der Waals surface area (Å²) in [6.45, 7) is 1.54. The number of rotatable bonds is 29. The number of carbonyl (C=O) groups is 3. The highest BCUT2D eigenvalue weighted by molar-refractivity contribution is 5.80. The van der Waals surface area contributed by atoms with E-state index in [0.717, 1.165) is 19.3 Å². The number of hydrogen-bond acceptors (Lipinski definition) is 7. The molecule has 230 valence electrons. The molecule has 0 heterocycles. The van der Waals surface area contributed by atoms with Crippen LogP contribution in [0.1, 0.15) is 155 Å². The summed E-state index contributed by atoms with van der Waals surface area (Å²) in [5, 5.41) is 27.3. The van der Waals surface area contributed by atoms with Crippen molar-refractivity contribution in [2.75, 3.05) is 13.2 Å². The second kappa shape index (κ2) is 27.9. The Kier molecular flexibility index (Phi) is 26.7. The monoisotopic (exact) mass is 558 g/mol. The maximum atomic E-state index is 11.8. The lowest BCUT2D eigenvalue weighted by Crippen LogP contribution is -2.28. The van der Waals surface area contributed by atoms with E-state index in [0.29, 0.717) is 0 Å². The van der Waals surface area contributed by atoms with E-state index in [1.54, 1.807) is 0 Å². The number of carboxylic acids is 1. The van der Waals surface area contributed by atoms with Crippen molar-refractivity contribution in [3.63, 3.8) is 0 Å². The summed E-state index contributed by atoms with van der Waals surface area (Å²) in [5.41, 5.74) is 0. The number of hydrogen-bond donors (Lipinski definition) is 3. The van der Waals surface area contributed by atoms with Gasteiger partial charge in [-0.15, -0.1) is 0 Å². The molecule has 8 nitrogen and oxygen atoms in total. The van der Waals surface area contributed by atoms with Crippen LogP contribution in [0.5, 0.6) is 0 Å². The van der Waals surface area contributed by atoms with Gasteiger partial charge >= 0.3 is 17.9 Å².